The maximum absolute atomic E-state index is 6.56. The van der Waals surface area contributed by atoms with Crippen LogP contribution in [0.4, 0.5) is 11.4 Å². The van der Waals surface area contributed by atoms with Gasteiger partial charge in [-0.3, -0.25) is 0 Å². The summed E-state index contributed by atoms with van der Waals surface area (Å²) in [5.74, 6) is 0. The highest BCUT2D eigenvalue weighted by Gasteiger charge is 2.41. The Morgan fingerprint density at radius 2 is 0.948 bits per heavy atom. The van der Waals surface area contributed by atoms with Crippen LogP contribution in [-0.4, -0.2) is 18.5 Å². The molecule has 12 rings (SSSR count). The molecule has 1 unspecified atom stereocenters. The van der Waals surface area contributed by atoms with Crippen molar-refractivity contribution in [2.75, 3.05) is 4.90 Å². The Bertz CT molecular complexity index is 3250. The second kappa shape index (κ2) is 13.0. The highest BCUT2D eigenvalue weighted by Crippen LogP contribution is 2.43. The van der Waals surface area contributed by atoms with E-state index in [0.29, 0.717) is 0 Å². The van der Waals surface area contributed by atoms with Crippen molar-refractivity contribution < 1.29 is 4.42 Å². The van der Waals surface area contributed by atoms with E-state index in [2.05, 4.69) is 222 Å². The van der Waals surface area contributed by atoms with E-state index in [9.17, 15) is 0 Å². The summed E-state index contributed by atoms with van der Waals surface area (Å²) in [5, 5.41) is 12.9. The zero-order valence-electron chi connectivity index (χ0n) is 31.8. The highest BCUT2D eigenvalue weighted by atomic mass is 28.3. The van der Waals surface area contributed by atoms with Crippen molar-refractivity contribution >= 4 is 101 Å². The molecular weight excluding hydrogens is 721 g/mol. The molecule has 8 aromatic carbocycles. The molecule has 4 heteroatoms. The average Bonchev–Trinajstić information content (AvgIpc) is 3.95. The van der Waals surface area contributed by atoms with Gasteiger partial charge in [0.2, 0.25) is 0 Å². The molecule has 3 aromatic heterocycles. The van der Waals surface area contributed by atoms with E-state index in [1.54, 1.807) is 0 Å². The first-order chi connectivity index (χ1) is 28.8. The van der Waals surface area contributed by atoms with Gasteiger partial charge in [-0.05, 0) is 75.7 Å². The molecule has 1 aliphatic rings. The van der Waals surface area contributed by atoms with E-state index in [-0.39, 0.29) is 6.04 Å². The first-order valence-electron chi connectivity index (χ1n) is 20.2. The smallest absolute Gasteiger partial charge is 0.179 e. The topological polar surface area (TPSA) is 20.8 Å². The number of hydrogen-bond donors (Lipinski definition) is 0. The van der Waals surface area contributed by atoms with Gasteiger partial charge in [0, 0.05) is 43.5 Å². The predicted molar refractivity (Wildman–Crippen MR) is 246 cm³/mol. The van der Waals surface area contributed by atoms with Crippen molar-refractivity contribution in [2.24, 2.45) is 0 Å². The van der Waals surface area contributed by atoms with Crippen LogP contribution in [0.5, 0.6) is 0 Å². The molecule has 0 radical (unpaired) electrons. The van der Waals surface area contributed by atoms with Gasteiger partial charge in [0.15, 0.2) is 8.07 Å². The number of anilines is 2. The molecular formula is C54H38N2OSi. The molecule has 0 amide bonds. The normalized spacial score (nSPS) is 14.2. The number of para-hydroxylation sites is 3. The monoisotopic (exact) mass is 758 g/mol. The maximum atomic E-state index is 6.56. The van der Waals surface area contributed by atoms with Crippen LogP contribution >= 0.6 is 0 Å². The molecule has 1 aliphatic carbocycles. The summed E-state index contributed by atoms with van der Waals surface area (Å²) in [6.07, 6.45) is 5.58. The van der Waals surface area contributed by atoms with E-state index in [0.717, 1.165) is 23.1 Å². The van der Waals surface area contributed by atoms with Crippen LogP contribution in [0, 0.1) is 0 Å². The average molecular weight is 759 g/mol. The number of fused-ring (bicyclic) bond motifs is 9. The van der Waals surface area contributed by atoms with Crippen LogP contribution < -0.4 is 36.3 Å². The van der Waals surface area contributed by atoms with Gasteiger partial charge in [0.25, 0.3) is 0 Å². The van der Waals surface area contributed by atoms with E-state index >= 15 is 0 Å². The Kier molecular flexibility index (Phi) is 7.38. The summed E-state index contributed by atoms with van der Waals surface area (Å²) in [5.41, 5.74) is 7.95. The fraction of sp³-hybridized carbons (Fsp3) is 0.0370. The van der Waals surface area contributed by atoms with Gasteiger partial charge in [-0.25, -0.2) is 0 Å². The van der Waals surface area contributed by atoms with Crippen LogP contribution in [0.3, 0.4) is 0 Å². The van der Waals surface area contributed by atoms with Crippen LogP contribution in [0.2, 0.25) is 0 Å². The van der Waals surface area contributed by atoms with Gasteiger partial charge in [-0.2, -0.15) is 0 Å². The van der Waals surface area contributed by atoms with Crippen LogP contribution in [0.25, 0.3) is 61.2 Å². The number of nitrogens with zero attached hydrogens (tertiary/aromatic N) is 2. The minimum Gasteiger partial charge on any atom is -0.456 e. The highest BCUT2D eigenvalue weighted by molar-refractivity contribution is 7.19. The van der Waals surface area contributed by atoms with Crippen molar-refractivity contribution in [3.05, 3.63) is 211 Å². The van der Waals surface area contributed by atoms with Gasteiger partial charge in [-0.1, -0.05) is 164 Å². The van der Waals surface area contributed by atoms with Gasteiger partial charge < -0.3 is 13.7 Å². The number of benzene rings is 8. The fourth-order valence-corrected chi connectivity index (χ4v) is 14.9. The molecule has 0 spiro atoms. The van der Waals surface area contributed by atoms with Crippen molar-refractivity contribution in [1.82, 2.24) is 4.40 Å². The molecule has 11 aromatic rings. The Morgan fingerprint density at radius 1 is 0.466 bits per heavy atom. The van der Waals surface area contributed by atoms with Crippen molar-refractivity contribution in [3.8, 4) is 0 Å². The lowest BCUT2D eigenvalue weighted by Gasteiger charge is -2.36. The van der Waals surface area contributed by atoms with E-state index in [1.807, 2.05) is 0 Å². The molecule has 0 N–H and O–H groups in total. The summed E-state index contributed by atoms with van der Waals surface area (Å²) in [6.45, 7) is 0. The zero-order chi connectivity index (χ0) is 38.2. The van der Waals surface area contributed by atoms with E-state index < -0.39 is 8.07 Å². The minimum atomic E-state index is -2.70. The maximum Gasteiger partial charge on any atom is 0.179 e. The van der Waals surface area contributed by atoms with Crippen molar-refractivity contribution in [1.29, 1.82) is 0 Å². The van der Waals surface area contributed by atoms with Crippen LogP contribution in [-0.2, 0) is 0 Å². The first-order valence-corrected chi connectivity index (χ1v) is 22.2. The molecule has 3 nitrogen and oxygen atoms in total. The van der Waals surface area contributed by atoms with Gasteiger partial charge in [0.05, 0.1) is 22.6 Å². The molecule has 1 atom stereocenters. The molecule has 0 bridgehead atoms. The Hall–Kier alpha value is -7.14. The van der Waals surface area contributed by atoms with Crippen molar-refractivity contribution in [3.63, 3.8) is 0 Å². The summed E-state index contributed by atoms with van der Waals surface area (Å²) in [7, 11) is -2.70. The quantitative estimate of drug-likeness (QED) is 0.120. The largest absolute Gasteiger partial charge is 0.456 e. The summed E-state index contributed by atoms with van der Waals surface area (Å²) in [6, 6.07) is 74.1. The van der Waals surface area contributed by atoms with E-state index in [1.165, 1.54) is 75.1 Å². The van der Waals surface area contributed by atoms with Crippen molar-refractivity contribution in [2.45, 2.75) is 12.5 Å². The third kappa shape index (κ3) is 4.79. The molecule has 274 valence electrons. The van der Waals surface area contributed by atoms with Gasteiger partial charge >= 0.3 is 0 Å². The lowest BCUT2D eigenvalue weighted by atomic mass is 10.0. The van der Waals surface area contributed by atoms with Gasteiger partial charge in [-0.15, -0.1) is 0 Å². The van der Waals surface area contributed by atoms with Crippen LogP contribution in [0.1, 0.15) is 6.42 Å². The summed E-state index contributed by atoms with van der Waals surface area (Å²) >= 11 is 0. The second-order valence-corrected chi connectivity index (χ2v) is 19.4. The summed E-state index contributed by atoms with van der Waals surface area (Å²) < 4.78 is 9.02. The molecule has 0 fully saturated rings. The molecule has 0 saturated carbocycles. The van der Waals surface area contributed by atoms with Gasteiger partial charge in [0.1, 0.15) is 11.0 Å². The number of hydrogen-bond acceptors (Lipinski definition) is 2. The fourth-order valence-electron chi connectivity index (χ4n) is 10.1. The Balaban J connectivity index is 1.11. The number of aromatic nitrogens is 1. The third-order valence-electron chi connectivity index (χ3n) is 12.6. The summed E-state index contributed by atoms with van der Waals surface area (Å²) in [4.78, 5) is 2.55. The molecule has 3 heterocycles. The Labute approximate surface area is 337 Å². The van der Waals surface area contributed by atoms with Crippen LogP contribution in [0.15, 0.2) is 205 Å². The second-order valence-electron chi connectivity index (χ2n) is 15.6. The SMILES string of the molecule is C1=c2oc3ccccc3c2=CCC1N(c1ccc([Si](c2ccccc2)(c2ccccc2)c2ccccc2)cc1)c1cc2c3ccccc3n3c4ccccc4c(c1)c23. The number of rotatable bonds is 7. The first kappa shape index (κ1) is 33.0. The lowest BCUT2D eigenvalue weighted by molar-refractivity contribution is 0.568. The third-order valence-corrected chi connectivity index (χ3v) is 17.4. The zero-order valence-corrected chi connectivity index (χ0v) is 32.8. The molecule has 0 aliphatic heterocycles. The minimum absolute atomic E-state index is 0.0212. The lowest BCUT2D eigenvalue weighted by Crippen LogP contribution is -2.74. The number of furan rings is 1. The van der Waals surface area contributed by atoms with E-state index in [4.69, 9.17) is 4.42 Å². The Morgan fingerprint density at radius 3 is 1.52 bits per heavy atom. The standard InChI is InChI=1S/C54H38N2OSi/c1-4-16-40(17-5-1)58(41-18-6-2-7-19-41,42-20-8-3-9-21-42)43-31-28-37(29-32-43)55(38-30-33-47-46-24-12-15-27-52(46)57-53(47)36-38)39-34-48-44-22-10-13-25-50(44)56-51-26-14-11-23-45(51)49(35-39)54(48)56/h1-29,31-36,38H,30H2. The molecule has 0 saturated heterocycles. The predicted octanol–water partition coefficient (Wildman–Crippen LogP) is 9.13. The molecule has 58 heavy (non-hydrogen) atoms.